The lowest BCUT2D eigenvalue weighted by Gasteiger charge is -2.28. The van der Waals surface area contributed by atoms with Gasteiger partial charge in [0.25, 0.3) is 0 Å². The predicted molar refractivity (Wildman–Crippen MR) is 241 cm³/mol. The molecular formula is C55H40N2. The largest absolute Gasteiger partial charge is 0.310 e. The van der Waals surface area contributed by atoms with Crippen LogP contribution >= 0.6 is 0 Å². The van der Waals surface area contributed by atoms with Gasteiger partial charge in [-0.15, -0.1) is 0 Å². The van der Waals surface area contributed by atoms with Crippen molar-refractivity contribution < 1.29 is 0 Å². The molecule has 0 unspecified atom stereocenters. The Hall–Kier alpha value is -7.16. The van der Waals surface area contributed by atoms with Gasteiger partial charge in [-0.05, 0) is 122 Å². The number of hydrogen-bond donors (Lipinski definition) is 0. The third-order valence-corrected chi connectivity index (χ3v) is 12.2. The molecule has 270 valence electrons. The van der Waals surface area contributed by atoms with Crippen LogP contribution in [0.2, 0.25) is 0 Å². The molecule has 1 aromatic heterocycles. The molecule has 0 saturated carbocycles. The molecule has 57 heavy (non-hydrogen) atoms. The van der Waals surface area contributed by atoms with Crippen LogP contribution in [0.25, 0.3) is 71.6 Å². The van der Waals surface area contributed by atoms with Gasteiger partial charge in [0.1, 0.15) is 0 Å². The van der Waals surface area contributed by atoms with Crippen LogP contribution in [0, 0.1) is 0 Å². The monoisotopic (exact) mass is 728 g/mol. The van der Waals surface area contributed by atoms with E-state index < -0.39 is 0 Å². The van der Waals surface area contributed by atoms with Crippen LogP contribution in [0.3, 0.4) is 0 Å². The quantitative estimate of drug-likeness (QED) is 0.165. The second-order valence-electron chi connectivity index (χ2n) is 15.8. The third kappa shape index (κ3) is 5.33. The maximum Gasteiger partial charge on any atom is 0.0541 e. The summed E-state index contributed by atoms with van der Waals surface area (Å²) >= 11 is 0. The van der Waals surface area contributed by atoms with Crippen molar-refractivity contribution in [1.82, 2.24) is 4.57 Å². The molecule has 0 amide bonds. The number of fused-ring (bicyclic) bond motifs is 8. The molecule has 0 saturated heterocycles. The summed E-state index contributed by atoms with van der Waals surface area (Å²) in [6.45, 7) is 4.75. The summed E-state index contributed by atoms with van der Waals surface area (Å²) < 4.78 is 2.37. The van der Waals surface area contributed by atoms with E-state index in [0.717, 1.165) is 17.1 Å². The molecule has 2 nitrogen and oxygen atoms in total. The van der Waals surface area contributed by atoms with Gasteiger partial charge in [-0.1, -0.05) is 153 Å². The first-order valence-corrected chi connectivity index (χ1v) is 19.8. The van der Waals surface area contributed by atoms with Gasteiger partial charge in [0.2, 0.25) is 0 Å². The second-order valence-corrected chi connectivity index (χ2v) is 15.8. The van der Waals surface area contributed by atoms with Crippen molar-refractivity contribution in [3.8, 4) is 39.1 Å². The van der Waals surface area contributed by atoms with E-state index in [4.69, 9.17) is 0 Å². The van der Waals surface area contributed by atoms with Crippen LogP contribution in [0.4, 0.5) is 17.1 Å². The molecule has 0 spiro atoms. The van der Waals surface area contributed by atoms with Crippen LogP contribution in [0.5, 0.6) is 0 Å². The van der Waals surface area contributed by atoms with Crippen LogP contribution in [-0.2, 0) is 5.41 Å². The average Bonchev–Trinajstić information content (AvgIpc) is 3.72. The van der Waals surface area contributed by atoms with E-state index >= 15 is 0 Å². The standard InChI is InChI=1S/C55H40N2/c1-55(2)50-33-25-40-15-9-10-18-46(40)54(50)48-32-31-45(36-51(48)55)56(43-27-21-38(22-28-43)37-13-5-3-6-14-37)44-29-23-39(24-30-44)41-26-34-53-49(35-41)47-19-11-12-20-52(47)57(53)42-16-7-4-8-17-42/h3-36H,1-2H3. The third-order valence-electron chi connectivity index (χ3n) is 12.2. The number of hydrogen-bond acceptors (Lipinski definition) is 1. The van der Waals surface area contributed by atoms with Gasteiger partial charge < -0.3 is 9.47 Å². The van der Waals surface area contributed by atoms with Gasteiger partial charge in [-0.25, -0.2) is 0 Å². The zero-order valence-electron chi connectivity index (χ0n) is 32.0. The van der Waals surface area contributed by atoms with E-state index in [1.165, 1.54) is 82.8 Å². The average molecular weight is 729 g/mol. The Balaban J connectivity index is 1.02. The predicted octanol–water partition coefficient (Wildman–Crippen LogP) is 15.0. The van der Waals surface area contributed by atoms with Gasteiger partial charge in [-0.2, -0.15) is 0 Å². The first-order chi connectivity index (χ1) is 28.0. The summed E-state index contributed by atoms with van der Waals surface area (Å²) in [5.41, 5.74) is 17.1. The lowest BCUT2D eigenvalue weighted by Crippen LogP contribution is -2.16. The normalized spacial score (nSPS) is 12.9. The van der Waals surface area contributed by atoms with Crippen molar-refractivity contribution in [3.05, 3.63) is 217 Å². The first kappa shape index (κ1) is 33.2. The molecule has 11 rings (SSSR count). The fourth-order valence-corrected chi connectivity index (χ4v) is 9.33. The van der Waals surface area contributed by atoms with Crippen molar-refractivity contribution in [2.24, 2.45) is 0 Å². The van der Waals surface area contributed by atoms with Crippen LogP contribution in [0.1, 0.15) is 25.0 Å². The molecule has 1 aliphatic carbocycles. The minimum atomic E-state index is -0.139. The summed E-state index contributed by atoms with van der Waals surface area (Å²) in [5, 5.41) is 5.12. The molecule has 10 aromatic rings. The highest BCUT2D eigenvalue weighted by Crippen LogP contribution is 2.53. The minimum absolute atomic E-state index is 0.139. The van der Waals surface area contributed by atoms with Gasteiger partial charge in [0, 0.05) is 38.9 Å². The number of nitrogens with zero attached hydrogens (tertiary/aromatic N) is 2. The van der Waals surface area contributed by atoms with E-state index in [2.05, 4.69) is 230 Å². The van der Waals surface area contributed by atoms with Gasteiger partial charge >= 0.3 is 0 Å². The van der Waals surface area contributed by atoms with Gasteiger partial charge in [0.15, 0.2) is 0 Å². The maximum absolute atomic E-state index is 2.43. The summed E-state index contributed by atoms with van der Waals surface area (Å²) in [6.07, 6.45) is 0. The number of rotatable bonds is 6. The van der Waals surface area contributed by atoms with Crippen LogP contribution in [0.15, 0.2) is 206 Å². The molecule has 1 aliphatic rings. The highest BCUT2D eigenvalue weighted by atomic mass is 15.1. The summed E-state index contributed by atoms with van der Waals surface area (Å²) in [4.78, 5) is 2.41. The van der Waals surface area contributed by atoms with Crippen molar-refractivity contribution in [2.75, 3.05) is 4.90 Å². The Morgan fingerprint density at radius 3 is 1.68 bits per heavy atom. The van der Waals surface area contributed by atoms with E-state index in [1.807, 2.05) is 0 Å². The molecular weight excluding hydrogens is 689 g/mol. The second kappa shape index (κ2) is 13.0. The van der Waals surface area contributed by atoms with Gasteiger partial charge in [0.05, 0.1) is 11.0 Å². The molecule has 1 heterocycles. The molecule has 0 atom stereocenters. The van der Waals surface area contributed by atoms with Gasteiger partial charge in [-0.3, -0.25) is 0 Å². The highest BCUT2D eigenvalue weighted by Gasteiger charge is 2.37. The van der Waals surface area contributed by atoms with Crippen LogP contribution in [-0.4, -0.2) is 4.57 Å². The lowest BCUT2D eigenvalue weighted by molar-refractivity contribution is 0.661. The summed E-state index contributed by atoms with van der Waals surface area (Å²) in [6, 6.07) is 75.5. The number of benzene rings is 9. The minimum Gasteiger partial charge on any atom is -0.310 e. The topological polar surface area (TPSA) is 8.17 Å². The first-order valence-electron chi connectivity index (χ1n) is 19.8. The molecule has 0 fully saturated rings. The van der Waals surface area contributed by atoms with E-state index in [9.17, 15) is 0 Å². The Bertz CT molecular complexity index is 3120. The summed E-state index contributed by atoms with van der Waals surface area (Å²) in [7, 11) is 0. The van der Waals surface area contributed by atoms with Crippen molar-refractivity contribution in [2.45, 2.75) is 19.3 Å². The van der Waals surface area contributed by atoms with Crippen LogP contribution < -0.4 is 4.90 Å². The molecule has 0 radical (unpaired) electrons. The molecule has 9 aromatic carbocycles. The highest BCUT2D eigenvalue weighted by molar-refractivity contribution is 6.10. The fraction of sp³-hybridized carbons (Fsp3) is 0.0545. The van der Waals surface area contributed by atoms with E-state index in [0.29, 0.717) is 0 Å². The Morgan fingerprint density at radius 2 is 0.947 bits per heavy atom. The molecule has 0 aliphatic heterocycles. The molecule has 2 heteroatoms. The Morgan fingerprint density at radius 1 is 0.386 bits per heavy atom. The van der Waals surface area contributed by atoms with Crippen molar-refractivity contribution in [1.29, 1.82) is 0 Å². The number of aromatic nitrogens is 1. The van der Waals surface area contributed by atoms with Crippen molar-refractivity contribution in [3.63, 3.8) is 0 Å². The lowest BCUT2D eigenvalue weighted by atomic mass is 9.82. The Labute approximate surface area is 333 Å². The zero-order chi connectivity index (χ0) is 38.1. The van der Waals surface area contributed by atoms with E-state index in [1.54, 1.807) is 0 Å². The molecule has 0 N–H and O–H groups in total. The SMILES string of the molecule is CC1(C)c2cc(N(c3ccc(-c4ccccc4)cc3)c3ccc(-c4ccc5c(c4)c4ccccc4n5-c4ccccc4)cc3)ccc2-c2c1ccc1ccccc21. The summed E-state index contributed by atoms with van der Waals surface area (Å²) in [5.74, 6) is 0. The number of para-hydroxylation sites is 2. The Kier molecular flexibility index (Phi) is 7.55. The zero-order valence-corrected chi connectivity index (χ0v) is 32.0. The smallest absolute Gasteiger partial charge is 0.0541 e. The molecule has 0 bridgehead atoms. The maximum atomic E-state index is 2.43. The van der Waals surface area contributed by atoms with Crippen molar-refractivity contribution >= 4 is 49.6 Å². The fourth-order valence-electron chi connectivity index (χ4n) is 9.33. The van der Waals surface area contributed by atoms with E-state index in [-0.39, 0.29) is 5.41 Å². The number of anilines is 3.